The SMILES string of the molecule is CCN1CCN(c2ccc(C(=O)OC)cc2NC(=O)c2ccc(OC)c(Br)c2)CC1. The summed E-state index contributed by atoms with van der Waals surface area (Å²) in [7, 11) is 2.91. The number of likely N-dealkylation sites (N-methyl/N-ethyl adjacent to an activating group) is 1. The number of methoxy groups -OCH3 is 2. The zero-order valence-electron chi connectivity index (χ0n) is 17.4. The molecule has 8 heteroatoms. The van der Waals surface area contributed by atoms with E-state index >= 15 is 0 Å². The van der Waals surface area contributed by atoms with E-state index in [0.717, 1.165) is 38.4 Å². The van der Waals surface area contributed by atoms with Gasteiger partial charge in [0.15, 0.2) is 0 Å². The molecule has 0 radical (unpaired) electrons. The second-order valence-corrected chi connectivity index (χ2v) is 7.80. The minimum atomic E-state index is -0.444. The van der Waals surface area contributed by atoms with E-state index in [2.05, 4.69) is 38.0 Å². The van der Waals surface area contributed by atoms with Gasteiger partial charge in [0.1, 0.15) is 5.75 Å². The Morgan fingerprint density at radius 2 is 1.73 bits per heavy atom. The summed E-state index contributed by atoms with van der Waals surface area (Å²) in [5.74, 6) is -0.0671. The van der Waals surface area contributed by atoms with Crippen LogP contribution in [0.25, 0.3) is 0 Å². The molecule has 0 unspecified atom stereocenters. The Balaban J connectivity index is 1.89. The van der Waals surface area contributed by atoms with E-state index < -0.39 is 5.97 Å². The van der Waals surface area contributed by atoms with Crippen molar-refractivity contribution >= 4 is 39.2 Å². The molecule has 0 spiro atoms. The highest BCUT2D eigenvalue weighted by molar-refractivity contribution is 9.10. The zero-order valence-corrected chi connectivity index (χ0v) is 19.0. The van der Waals surface area contributed by atoms with Crippen LogP contribution in [0.3, 0.4) is 0 Å². The number of anilines is 2. The van der Waals surface area contributed by atoms with Crippen LogP contribution in [0.15, 0.2) is 40.9 Å². The fourth-order valence-corrected chi connectivity index (χ4v) is 4.00. The Labute approximate surface area is 185 Å². The van der Waals surface area contributed by atoms with Crippen molar-refractivity contribution in [1.82, 2.24) is 4.90 Å². The molecule has 0 aromatic heterocycles. The number of nitrogens with one attached hydrogen (secondary N) is 1. The van der Waals surface area contributed by atoms with Crippen LogP contribution < -0.4 is 15.0 Å². The molecule has 30 heavy (non-hydrogen) atoms. The molecule has 3 rings (SSSR count). The molecule has 1 aliphatic rings. The Bertz CT molecular complexity index is 927. The maximum atomic E-state index is 12.9. The predicted molar refractivity (Wildman–Crippen MR) is 121 cm³/mol. The van der Waals surface area contributed by atoms with Crippen molar-refractivity contribution in [2.75, 3.05) is 57.2 Å². The molecule has 2 aromatic carbocycles. The van der Waals surface area contributed by atoms with Gasteiger partial charge in [-0.05, 0) is 58.9 Å². The fraction of sp³-hybridized carbons (Fsp3) is 0.364. The van der Waals surface area contributed by atoms with Crippen molar-refractivity contribution < 1.29 is 19.1 Å². The Morgan fingerprint density at radius 3 is 2.33 bits per heavy atom. The number of carbonyl (C=O) groups excluding carboxylic acids is 2. The molecular formula is C22H26BrN3O4. The molecule has 0 saturated carbocycles. The van der Waals surface area contributed by atoms with Gasteiger partial charge in [-0.1, -0.05) is 6.92 Å². The van der Waals surface area contributed by atoms with E-state index in [1.165, 1.54) is 7.11 Å². The van der Waals surface area contributed by atoms with Gasteiger partial charge in [0.05, 0.1) is 35.6 Å². The van der Waals surface area contributed by atoms with Gasteiger partial charge < -0.3 is 24.6 Å². The number of nitrogens with zero attached hydrogens (tertiary/aromatic N) is 2. The third-order valence-corrected chi connectivity index (χ3v) is 5.86. The molecule has 1 aliphatic heterocycles. The van der Waals surface area contributed by atoms with Crippen LogP contribution in [0.5, 0.6) is 5.75 Å². The van der Waals surface area contributed by atoms with Gasteiger partial charge in [0.2, 0.25) is 0 Å². The Hall–Kier alpha value is -2.58. The monoisotopic (exact) mass is 475 g/mol. The van der Waals surface area contributed by atoms with Gasteiger partial charge >= 0.3 is 5.97 Å². The largest absolute Gasteiger partial charge is 0.496 e. The quantitative estimate of drug-likeness (QED) is 0.643. The molecule has 1 saturated heterocycles. The minimum absolute atomic E-state index is 0.270. The van der Waals surface area contributed by atoms with Crippen molar-refractivity contribution in [3.63, 3.8) is 0 Å². The molecule has 0 atom stereocenters. The van der Waals surface area contributed by atoms with E-state index in [0.29, 0.717) is 27.0 Å². The molecule has 1 fully saturated rings. The van der Waals surface area contributed by atoms with E-state index in [9.17, 15) is 9.59 Å². The summed E-state index contributed by atoms with van der Waals surface area (Å²) in [6, 6.07) is 10.4. The van der Waals surface area contributed by atoms with E-state index in [4.69, 9.17) is 9.47 Å². The van der Waals surface area contributed by atoms with Crippen LogP contribution in [-0.2, 0) is 4.74 Å². The average molecular weight is 476 g/mol. The van der Waals surface area contributed by atoms with Crippen molar-refractivity contribution in [3.05, 3.63) is 52.0 Å². The summed E-state index contributed by atoms with van der Waals surface area (Å²) >= 11 is 3.41. The summed E-state index contributed by atoms with van der Waals surface area (Å²) < 4.78 is 10.8. The zero-order chi connectivity index (χ0) is 21.7. The number of ether oxygens (including phenoxy) is 2. The lowest BCUT2D eigenvalue weighted by Crippen LogP contribution is -2.46. The van der Waals surface area contributed by atoms with Crippen LogP contribution in [0, 0.1) is 0 Å². The standard InChI is InChI=1S/C22H26BrN3O4/c1-4-25-9-11-26(12-10-25)19-7-5-16(22(28)30-3)14-18(19)24-21(27)15-6-8-20(29-2)17(23)13-15/h5-8,13-14H,4,9-12H2,1-3H3,(H,24,27). The van der Waals surface area contributed by atoms with Crippen LogP contribution in [0.4, 0.5) is 11.4 Å². The lowest BCUT2D eigenvalue weighted by Gasteiger charge is -2.36. The number of halogens is 1. The molecule has 1 amide bonds. The highest BCUT2D eigenvalue weighted by Gasteiger charge is 2.21. The lowest BCUT2D eigenvalue weighted by molar-refractivity contribution is 0.0600. The van der Waals surface area contributed by atoms with E-state index in [1.54, 1.807) is 37.4 Å². The van der Waals surface area contributed by atoms with Gasteiger partial charge in [0, 0.05) is 31.7 Å². The van der Waals surface area contributed by atoms with Gasteiger partial charge in [-0.3, -0.25) is 4.79 Å². The van der Waals surface area contributed by atoms with Gasteiger partial charge in [-0.25, -0.2) is 4.79 Å². The number of benzene rings is 2. The third-order valence-electron chi connectivity index (χ3n) is 5.24. The molecule has 0 aliphatic carbocycles. The molecule has 1 heterocycles. The number of hydrogen-bond donors (Lipinski definition) is 1. The van der Waals surface area contributed by atoms with Crippen molar-refractivity contribution in [1.29, 1.82) is 0 Å². The molecule has 7 nitrogen and oxygen atoms in total. The summed E-state index contributed by atoms with van der Waals surface area (Å²) in [6.07, 6.45) is 0. The molecular weight excluding hydrogens is 450 g/mol. The smallest absolute Gasteiger partial charge is 0.337 e. The summed E-state index contributed by atoms with van der Waals surface area (Å²) in [4.78, 5) is 29.6. The topological polar surface area (TPSA) is 71.1 Å². The number of piperazine rings is 1. The first kappa shape index (κ1) is 22.1. The van der Waals surface area contributed by atoms with E-state index in [1.807, 2.05) is 6.07 Å². The minimum Gasteiger partial charge on any atom is -0.496 e. The lowest BCUT2D eigenvalue weighted by atomic mass is 10.1. The van der Waals surface area contributed by atoms with Crippen LogP contribution in [0.2, 0.25) is 0 Å². The first-order valence-corrected chi connectivity index (χ1v) is 10.6. The maximum absolute atomic E-state index is 12.9. The Kier molecular flexibility index (Phi) is 7.33. The number of hydrogen-bond acceptors (Lipinski definition) is 6. The van der Waals surface area contributed by atoms with Crippen molar-refractivity contribution in [3.8, 4) is 5.75 Å². The first-order chi connectivity index (χ1) is 14.5. The summed E-state index contributed by atoms with van der Waals surface area (Å²) in [6.45, 7) is 6.78. The highest BCUT2D eigenvalue weighted by atomic mass is 79.9. The predicted octanol–water partition coefficient (Wildman–Crippen LogP) is 3.64. The average Bonchev–Trinajstić information content (AvgIpc) is 2.78. The molecule has 0 bridgehead atoms. The number of carbonyl (C=O) groups is 2. The van der Waals surface area contributed by atoms with Crippen LogP contribution in [-0.4, -0.2) is 63.7 Å². The van der Waals surface area contributed by atoms with Crippen molar-refractivity contribution in [2.45, 2.75) is 6.92 Å². The van der Waals surface area contributed by atoms with Crippen LogP contribution in [0.1, 0.15) is 27.6 Å². The second kappa shape index (κ2) is 9.95. The third kappa shape index (κ3) is 4.94. The number of esters is 1. The van der Waals surface area contributed by atoms with Gasteiger partial charge in [-0.2, -0.15) is 0 Å². The molecule has 1 N–H and O–H groups in total. The highest BCUT2D eigenvalue weighted by Crippen LogP contribution is 2.30. The van der Waals surface area contributed by atoms with Gasteiger partial charge in [-0.15, -0.1) is 0 Å². The van der Waals surface area contributed by atoms with Crippen LogP contribution >= 0.6 is 15.9 Å². The Morgan fingerprint density at radius 1 is 1.03 bits per heavy atom. The van der Waals surface area contributed by atoms with Gasteiger partial charge in [0.25, 0.3) is 5.91 Å². The maximum Gasteiger partial charge on any atom is 0.337 e. The number of amides is 1. The first-order valence-electron chi connectivity index (χ1n) is 9.81. The summed E-state index contributed by atoms with van der Waals surface area (Å²) in [5, 5.41) is 2.97. The van der Waals surface area contributed by atoms with Crippen molar-refractivity contribution in [2.24, 2.45) is 0 Å². The fourth-order valence-electron chi connectivity index (χ4n) is 3.46. The molecule has 2 aromatic rings. The molecule has 160 valence electrons. The second-order valence-electron chi connectivity index (χ2n) is 6.95. The van der Waals surface area contributed by atoms with E-state index in [-0.39, 0.29) is 5.91 Å². The summed E-state index contributed by atoms with van der Waals surface area (Å²) in [5.41, 5.74) is 2.34. The number of rotatable bonds is 6. The normalized spacial score (nSPS) is 14.3.